The van der Waals surface area contributed by atoms with E-state index in [4.69, 9.17) is 4.43 Å². The van der Waals surface area contributed by atoms with Gasteiger partial charge in [0.1, 0.15) is 5.75 Å². The molecule has 1 aromatic rings. The van der Waals surface area contributed by atoms with Gasteiger partial charge in [0, 0.05) is 5.56 Å². The molecule has 1 aromatic carbocycles. The highest BCUT2D eigenvalue weighted by atomic mass is 28.4. The van der Waals surface area contributed by atoms with Crippen LogP contribution in [0.25, 0.3) is 6.08 Å². The highest BCUT2D eigenvalue weighted by Crippen LogP contribution is 2.27. The van der Waals surface area contributed by atoms with Gasteiger partial charge in [0.15, 0.2) is 0 Å². The van der Waals surface area contributed by atoms with Crippen molar-refractivity contribution in [1.82, 2.24) is 0 Å². The van der Waals surface area contributed by atoms with E-state index in [-0.39, 0.29) is 0 Å². The van der Waals surface area contributed by atoms with Crippen molar-refractivity contribution < 1.29 is 4.43 Å². The van der Waals surface area contributed by atoms with Gasteiger partial charge in [0.2, 0.25) is 8.32 Å². The molecule has 0 unspecified atom stereocenters. The molecule has 15 heavy (non-hydrogen) atoms. The SMILES string of the molecule is C=Cc1ccccc1O[Si](C)(C)C(C)C. The number of para-hydroxylation sites is 1. The summed E-state index contributed by atoms with van der Waals surface area (Å²) >= 11 is 0. The van der Waals surface area contributed by atoms with Crippen molar-refractivity contribution in [2.24, 2.45) is 0 Å². The quantitative estimate of drug-likeness (QED) is 0.686. The Labute approximate surface area is 93.9 Å². The molecule has 0 aliphatic rings. The molecule has 2 heteroatoms. The summed E-state index contributed by atoms with van der Waals surface area (Å²) in [7, 11) is -1.62. The zero-order chi connectivity index (χ0) is 11.5. The van der Waals surface area contributed by atoms with Crippen LogP contribution in [0.5, 0.6) is 5.75 Å². The molecule has 0 saturated carbocycles. The van der Waals surface area contributed by atoms with Gasteiger partial charge in [-0.1, -0.05) is 44.7 Å². The molecule has 0 fully saturated rings. The predicted octanol–water partition coefficient (Wildman–Crippen LogP) is 4.32. The van der Waals surface area contributed by atoms with Gasteiger partial charge in [-0.2, -0.15) is 0 Å². The maximum atomic E-state index is 6.15. The largest absolute Gasteiger partial charge is 0.543 e. The molecular formula is C13H20OSi. The number of hydrogen-bond acceptors (Lipinski definition) is 1. The zero-order valence-electron chi connectivity index (χ0n) is 10.1. The fourth-order valence-corrected chi connectivity index (χ4v) is 2.13. The van der Waals surface area contributed by atoms with E-state index in [9.17, 15) is 0 Å². The fraction of sp³-hybridized carbons (Fsp3) is 0.385. The van der Waals surface area contributed by atoms with Crippen LogP contribution in [-0.2, 0) is 0 Å². The zero-order valence-corrected chi connectivity index (χ0v) is 11.1. The lowest BCUT2D eigenvalue weighted by Crippen LogP contribution is -2.37. The van der Waals surface area contributed by atoms with Gasteiger partial charge in [-0.15, -0.1) is 0 Å². The van der Waals surface area contributed by atoms with E-state index in [1.165, 1.54) is 0 Å². The summed E-state index contributed by atoms with van der Waals surface area (Å²) < 4.78 is 6.15. The second-order valence-corrected chi connectivity index (χ2v) is 9.17. The average Bonchev–Trinajstić information content (AvgIpc) is 2.18. The van der Waals surface area contributed by atoms with E-state index in [0.717, 1.165) is 11.3 Å². The minimum absolute atomic E-state index is 0.607. The first-order chi connectivity index (χ1) is 6.97. The summed E-state index contributed by atoms with van der Waals surface area (Å²) in [6.45, 7) is 12.7. The molecule has 0 bridgehead atoms. The molecule has 0 atom stereocenters. The number of rotatable bonds is 4. The Kier molecular flexibility index (Phi) is 3.75. The van der Waals surface area contributed by atoms with Crippen LogP contribution in [-0.4, -0.2) is 8.32 Å². The summed E-state index contributed by atoms with van der Waals surface area (Å²) in [4.78, 5) is 0. The summed E-state index contributed by atoms with van der Waals surface area (Å²) in [5, 5.41) is 0. The van der Waals surface area contributed by atoms with Gasteiger partial charge in [0.05, 0.1) is 0 Å². The van der Waals surface area contributed by atoms with Crippen molar-refractivity contribution in [2.75, 3.05) is 0 Å². The maximum Gasteiger partial charge on any atom is 0.247 e. The molecule has 0 aromatic heterocycles. The van der Waals surface area contributed by atoms with Gasteiger partial charge in [-0.3, -0.25) is 0 Å². The van der Waals surface area contributed by atoms with Gasteiger partial charge in [0.25, 0.3) is 0 Å². The Morgan fingerprint density at radius 1 is 1.27 bits per heavy atom. The summed E-state index contributed by atoms with van der Waals surface area (Å²) in [5.74, 6) is 0.970. The van der Waals surface area contributed by atoms with E-state index in [2.05, 4.69) is 33.5 Å². The Hall–Kier alpha value is -1.02. The van der Waals surface area contributed by atoms with Crippen LogP contribution in [0.15, 0.2) is 30.8 Å². The van der Waals surface area contributed by atoms with Gasteiger partial charge >= 0.3 is 0 Å². The molecule has 0 radical (unpaired) electrons. The Morgan fingerprint density at radius 3 is 2.40 bits per heavy atom. The van der Waals surface area contributed by atoms with Crippen molar-refractivity contribution in [3.63, 3.8) is 0 Å². The monoisotopic (exact) mass is 220 g/mol. The third-order valence-electron chi connectivity index (χ3n) is 2.90. The molecule has 0 aliphatic heterocycles. The van der Waals surface area contributed by atoms with E-state index >= 15 is 0 Å². The van der Waals surface area contributed by atoms with E-state index in [1.807, 2.05) is 30.3 Å². The molecule has 1 nitrogen and oxygen atoms in total. The van der Waals surface area contributed by atoms with Crippen molar-refractivity contribution in [3.05, 3.63) is 36.4 Å². The Balaban J connectivity index is 2.94. The molecule has 0 N–H and O–H groups in total. The van der Waals surface area contributed by atoms with Crippen LogP contribution < -0.4 is 4.43 Å². The lowest BCUT2D eigenvalue weighted by atomic mass is 10.2. The van der Waals surface area contributed by atoms with E-state index in [0.29, 0.717) is 5.54 Å². The first-order valence-corrected chi connectivity index (χ1v) is 8.36. The number of benzene rings is 1. The maximum absolute atomic E-state index is 6.15. The lowest BCUT2D eigenvalue weighted by molar-refractivity contribution is 0.532. The van der Waals surface area contributed by atoms with Gasteiger partial charge in [-0.25, -0.2) is 0 Å². The van der Waals surface area contributed by atoms with Gasteiger partial charge in [-0.05, 0) is 24.7 Å². The second-order valence-electron chi connectivity index (χ2n) is 4.60. The lowest BCUT2D eigenvalue weighted by Gasteiger charge is -2.28. The first-order valence-electron chi connectivity index (χ1n) is 5.38. The first kappa shape index (κ1) is 12.0. The topological polar surface area (TPSA) is 9.23 Å². The van der Waals surface area contributed by atoms with Crippen LogP contribution in [0, 0.1) is 0 Å². The van der Waals surface area contributed by atoms with Crippen molar-refractivity contribution >= 4 is 14.4 Å². The van der Waals surface area contributed by atoms with Crippen LogP contribution in [0.2, 0.25) is 18.6 Å². The summed E-state index contributed by atoms with van der Waals surface area (Å²) in [5.41, 5.74) is 1.69. The van der Waals surface area contributed by atoms with Crippen LogP contribution >= 0.6 is 0 Å². The molecule has 0 spiro atoms. The van der Waals surface area contributed by atoms with E-state index < -0.39 is 8.32 Å². The molecule has 0 heterocycles. The van der Waals surface area contributed by atoms with Gasteiger partial charge < -0.3 is 4.43 Å². The molecular weight excluding hydrogens is 200 g/mol. The summed E-state index contributed by atoms with van der Waals surface area (Å²) in [6, 6.07) is 8.07. The number of hydrogen-bond donors (Lipinski definition) is 0. The highest BCUT2D eigenvalue weighted by Gasteiger charge is 2.29. The van der Waals surface area contributed by atoms with Crippen LogP contribution in [0.4, 0.5) is 0 Å². The fourth-order valence-electron chi connectivity index (χ4n) is 1.14. The molecule has 0 amide bonds. The third kappa shape index (κ3) is 2.96. The average molecular weight is 220 g/mol. The smallest absolute Gasteiger partial charge is 0.247 e. The Morgan fingerprint density at radius 2 is 1.87 bits per heavy atom. The normalized spacial score (nSPS) is 11.5. The summed E-state index contributed by atoms with van der Waals surface area (Å²) in [6.07, 6.45) is 1.85. The molecule has 82 valence electrons. The van der Waals surface area contributed by atoms with Crippen LogP contribution in [0.3, 0.4) is 0 Å². The standard InChI is InChI=1S/C13H20OSi/c1-6-12-9-7-8-10-13(12)14-15(4,5)11(2)3/h6-11H,1H2,2-5H3. The molecule has 1 rings (SSSR count). The van der Waals surface area contributed by atoms with Crippen molar-refractivity contribution in [1.29, 1.82) is 0 Å². The van der Waals surface area contributed by atoms with E-state index in [1.54, 1.807) is 0 Å². The third-order valence-corrected chi connectivity index (χ3v) is 6.43. The minimum atomic E-state index is -1.62. The molecule has 0 saturated heterocycles. The van der Waals surface area contributed by atoms with Crippen molar-refractivity contribution in [3.8, 4) is 5.75 Å². The van der Waals surface area contributed by atoms with Crippen molar-refractivity contribution in [2.45, 2.75) is 32.5 Å². The Bertz CT molecular complexity index is 342. The minimum Gasteiger partial charge on any atom is -0.543 e. The highest BCUT2D eigenvalue weighted by molar-refractivity contribution is 6.73. The predicted molar refractivity (Wildman–Crippen MR) is 69.7 cm³/mol. The van der Waals surface area contributed by atoms with Crippen LogP contribution in [0.1, 0.15) is 19.4 Å². The molecule has 0 aliphatic carbocycles. The second kappa shape index (κ2) is 4.66.